The summed E-state index contributed by atoms with van der Waals surface area (Å²) < 4.78 is 1.15. The maximum atomic E-state index is 5.85. The molecule has 0 aliphatic carbocycles. The van der Waals surface area contributed by atoms with E-state index in [-0.39, 0.29) is 0 Å². The Morgan fingerprint density at radius 3 is 2.69 bits per heavy atom. The molecule has 2 heteroatoms. The summed E-state index contributed by atoms with van der Waals surface area (Å²) in [6, 6.07) is 8.53. The highest BCUT2D eigenvalue weighted by Crippen LogP contribution is 2.24. The van der Waals surface area contributed by atoms with Crippen LogP contribution in [0.3, 0.4) is 0 Å². The van der Waals surface area contributed by atoms with E-state index >= 15 is 0 Å². The first kappa shape index (κ1) is 13.7. The van der Waals surface area contributed by atoms with Crippen molar-refractivity contribution in [2.75, 3.05) is 6.54 Å². The van der Waals surface area contributed by atoms with Crippen molar-refractivity contribution in [2.45, 2.75) is 44.9 Å². The SMILES string of the molecule is CCCCCCC(CN)c1cccc(Br)c1. The summed E-state index contributed by atoms with van der Waals surface area (Å²) in [4.78, 5) is 0. The van der Waals surface area contributed by atoms with E-state index in [0.29, 0.717) is 5.92 Å². The molecule has 1 aromatic carbocycles. The van der Waals surface area contributed by atoms with E-state index in [0.717, 1.165) is 11.0 Å². The van der Waals surface area contributed by atoms with Crippen molar-refractivity contribution in [2.24, 2.45) is 5.73 Å². The van der Waals surface area contributed by atoms with Crippen molar-refractivity contribution in [3.05, 3.63) is 34.3 Å². The van der Waals surface area contributed by atoms with Crippen molar-refractivity contribution in [3.8, 4) is 0 Å². The van der Waals surface area contributed by atoms with Crippen molar-refractivity contribution >= 4 is 15.9 Å². The molecule has 0 aromatic heterocycles. The fourth-order valence-electron chi connectivity index (χ4n) is 2.00. The van der Waals surface area contributed by atoms with E-state index in [1.807, 2.05) is 0 Å². The van der Waals surface area contributed by atoms with E-state index in [1.54, 1.807) is 0 Å². The molecule has 0 heterocycles. The van der Waals surface area contributed by atoms with Gasteiger partial charge in [-0.1, -0.05) is 60.7 Å². The number of unbranched alkanes of at least 4 members (excludes halogenated alkanes) is 3. The van der Waals surface area contributed by atoms with Gasteiger partial charge in [0.25, 0.3) is 0 Å². The summed E-state index contributed by atoms with van der Waals surface area (Å²) in [7, 11) is 0. The van der Waals surface area contributed by atoms with Gasteiger partial charge < -0.3 is 5.73 Å². The van der Waals surface area contributed by atoms with Crippen molar-refractivity contribution in [1.82, 2.24) is 0 Å². The Labute approximate surface area is 108 Å². The van der Waals surface area contributed by atoms with Gasteiger partial charge in [0.1, 0.15) is 0 Å². The molecule has 0 saturated heterocycles. The zero-order chi connectivity index (χ0) is 11.8. The van der Waals surface area contributed by atoms with Gasteiger partial charge >= 0.3 is 0 Å². The van der Waals surface area contributed by atoms with Gasteiger partial charge in [-0.15, -0.1) is 0 Å². The average molecular weight is 284 g/mol. The number of hydrogen-bond donors (Lipinski definition) is 1. The number of halogens is 1. The lowest BCUT2D eigenvalue weighted by Crippen LogP contribution is -2.12. The van der Waals surface area contributed by atoms with E-state index in [4.69, 9.17) is 5.73 Å². The zero-order valence-corrected chi connectivity index (χ0v) is 11.7. The fraction of sp³-hybridized carbons (Fsp3) is 0.571. The van der Waals surface area contributed by atoms with Gasteiger partial charge in [-0.3, -0.25) is 0 Å². The minimum Gasteiger partial charge on any atom is -0.330 e. The van der Waals surface area contributed by atoms with E-state index in [2.05, 4.69) is 47.1 Å². The number of benzene rings is 1. The maximum absolute atomic E-state index is 5.85. The van der Waals surface area contributed by atoms with Crippen LogP contribution in [0, 0.1) is 0 Å². The Morgan fingerprint density at radius 2 is 2.06 bits per heavy atom. The smallest absolute Gasteiger partial charge is 0.0178 e. The van der Waals surface area contributed by atoms with Crippen LogP contribution < -0.4 is 5.73 Å². The molecular weight excluding hydrogens is 262 g/mol. The molecule has 0 bridgehead atoms. The van der Waals surface area contributed by atoms with Crippen LogP contribution in [0.1, 0.15) is 50.5 Å². The minimum absolute atomic E-state index is 0.523. The van der Waals surface area contributed by atoms with E-state index < -0.39 is 0 Å². The monoisotopic (exact) mass is 283 g/mol. The topological polar surface area (TPSA) is 26.0 Å². The van der Waals surface area contributed by atoms with Gasteiger partial charge in [-0.05, 0) is 36.6 Å². The lowest BCUT2D eigenvalue weighted by Gasteiger charge is -2.15. The molecule has 1 unspecified atom stereocenters. The molecule has 1 nitrogen and oxygen atoms in total. The Kier molecular flexibility index (Phi) is 6.74. The Hall–Kier alpha value is -0.340. The minimum atomic E-state index is 0.523. The summed E-state index contributed by atoms with van der Waals surface area (Å²) >= 11 is 3.51. The van der Waals surface area contributed by atoms with Gasteiger partial charge in [0, 0.05) is 4.47 Å². The van der Waals surface area contributed by atoms with Gasteiger partial charge in [0.2, 0.25) is 0 Å². The highest BCUT2D eigenvalue weighted by atomic mass is 79.9. The van der Waals surface area contributed by atoms with Gasteiger partial charge in [0.15, 0.2) is 0 Å². The number of nitrogens with two attached hydrogens (primary N) is 1. The molecule has 0 saturated carbocycles. The lowest BCUT2D eigenvalue weighted by atomic mass is 9.93. The molecule has 0 aliphatic heterocycles. The summed E-state index contributed by atoms with van der Waals surface area (Å²) in [6.07, 6.45) is 6.48. The summed E-state index contributed by atoms with van der Waals surface area (Å²) in [5.41, 5.74) is 7.22. The van der Waals surface area contributed by atoms with Crippen LogP contribution in [0.25, 0.3) is 0 Å². The quantitative estimate of drug-likeness (QED) is 0.735. The molecule has 0 spiro atoms. The van der Waals surface area contributed by atoms with Gasteiger partial charge in [-0.25, -0.2) is 0 Å². The highest BCUT2D eigenvalue weighted by Gasteiger charge is 2.09. The molecular formula is C14H22BrN. The summed E-state index contributed by atoms with van der Waals surface area (Å²) in [5.74, 6) is 0.523. The number of rotatable bonds is 7. The van der Waals surface area contributed by atoms with Crippen molar-refractivity contribution in [1.29, 1.82) is 0 Å². The van der Waals surface area contributed by atoms with Crippen LogP contribution in [-0.2, 0) is 0 Å². The first-order chi connectivity index (χ1) is 7.77. The van der Waals surface area contributed by atoms with Crippen LogP contribution in [-0.4, -0.2) is 6.54 Å². The van der Waals surface area contributed by atoms with Crippen LogP contribution in [0.4, 0.5) is 0 Å². The van der Waals surface area contributed by atoms with Crippen molar-refractivity contribution < 1.29 is 0 Å². The molecule has 90 valence electrons. The largest absolute Gasteiger partial charge is 0.330 e. The Bertz CT molecular complexity index is 299. The van der Waals surface area contributed by atoms with Crippen LogP contribution in [0.2, 0.25) is 0 Å². The standard InChI is InChI=1S/C14H22BrN/c1-2-3-4-5-7-13(11-16)12-8-6-9-14(15)10-12/h6,8-10,13H,2-5,7,11,16H2,1H3. The second-order valence-electron chi connectivity index (χ2n) is 4.34. The second kappa shape index (κ2) is 7.86. The third kappa shape index (κ3) is 4.67. The Balaban J connectivity index is 2.47. The predicted octanol–water partition coefficient (Wildman–Crippen LogP) is 4.46. The van der Waals surface area contributed by atoms with Crippen molar-refractivity contribution in [3.63, 3.8) is 0 Å². The molecule has 1 rings (SSSR count). The molecule has 0 fully saturated rings. The normalized spacial score (nSPS) is 12.7. The molecule has 2 N–H and O–H groups in total. The molecule has 0 aliphatic rings. The predicted molar refractivity (Wildman–Crippen MR) is 74.7 cm³/mol. The van der Waals surface area contributed by atoms with Gasteiger partial charge in [0.05, 0.1) is 0 Å². The molecule has 1 atom stereocenters. The number of hydrogen-bond acceptors (Lipinski definition) is 1. The molecule has 16 heavy (non-hydrogen) atoms. The fourth-order valence-corrected chi connectivity index (χ4v) is 2.42. The maximum Gasteiger partial charge on any atom is 0.0178 e. The lowest BCUT2D eigenvalue weighted by molar-refractivity contribution is 0.559. The summed E-state index contributed by atoms with van der Waals surface area (Å²) in [6.45, 7) is 3.00. The third-order valence-corrected chi connectivity index (χ3v) is 3.50. The van der Waals surface area contributed by atoms with E-state index in [9.17, 15) is 0 Å². The van der Waals surface area contributed by atoms with E-state index in [1.165, 1.54) is 37.7 Å². The Morgan fingerprint density at radius 1 is 1.25 bits per heavy atom. The molecule has 0 radical (unpaired) electrons. The van der Waals surface area contributed by atoms with Gasteiger partial charge in [-0.2, -0.15) is 0 Å². The third-order valence-electron chi connectivity index (χ3n) is 3.01. The zero-order valence-electron chi connectivity index (χ0n) is 10.1. The molecule has 1 aromatic rings. The van der Waals surface area contributed by atoms with Crippen LogP contribution in [0.15, 0.2) is 28.7 Å². The second-order valence-corrected chi connectivity index (χ2v) is 5.25. The average Bonchev–Trinajstić information content (AvgIpc) is 2.29. The summed E-state index contributed by atoms with van der Waals surface area (Å²) in [5, 5.41) is 0. The first-order valence-electron chi connectivity index (χ1n) is 6.23. The first-order valence-corrected chi connectivity index (χ1v) is 7.02. The molecule has 0 amide bonds. The van der Waals surface area contributed by atoms with Crippen LogP contribution >= 0.6 is 15.9 Å². The van der Waals surface area contributed by atoms with Crippen LogP contribution in [0.5, 0.6) is 0 Å². The highest BCUT2D eigenvalue weighted by molar-refractivity contribution is 9.10.